The van der Waals surface area contributed by atoms with Gasteiger partial charge in [-0.1, -0.05) is 30.3 Å². The summed E-state index contributed by atoms with van der Waals surface area (Å²) in [4.78, 5) is 21.8. The van der Waals surface area contributed by atoms with Crippen molar-refractivity contribution in [3.05, 3.63) is 69.8 Å². The van der Waals surface area contributed by atoms with Crippen LogP contribution in [-0.4, -0.2) is 27.1 Å². The van der Waals surface area contributed by atoms with Gasteiger partial charge in [-0.3, -0.25) is 20.2 Å². The number of carboxylic acid groups (broad SMARTS) is 1. The molecule has 7 nitrogen and oxygen atoms in total. The van der Waals surface area contributed by atoms with Crippen molar-refractivity contribution in [3.63, 3.8) is 0 Å². The van der Waals surface area contributed by atoms with E-state index in [1.165, 1.54) is 18.2 Å². The van der Waals surface area contributed by atoms with Crippen LogP contribution in [-0.2, 0) is 17.8 Å². The van der Waals surface area contributed by atoms with Gasteiger partial charge in [0.25, 0.3) is 5.69 Å². The smallest absolute Gasteiger partial charge is 0.321 e. The van der Waals surface area contributed by atoms with Gasteiger partial charge in [0, 0.05) is 18.2 Å². The van der Waals surface area contributed by atoms with E-state index in [1.807, 2.05) is 30.3 Å². The summed E-state index contributed by atoms with van der Waals surface area (Å²) in [6.45, 7) is -0.0332. The van der Waals surface area contributed by atoms with E-state index < -0.39 is 16.9 Å². The third-order valence-corrected chi connectivity index (χ3v) is 3.38. The fraction of sp³-hybridized carbons (Fsp3) is 0.188. The van der Waals surface area contributed by atoms with Crippen LogP contribution < -0.4 is 5.32 Å². The summed E-state index contributed by atoms with van der Waals surface area (Å²) in [7, 11) is 0. The number of nitrogens with zero attached hydrogens (tertiary/aromatic N) is 1. The minimum Gasteiger partial charge on any atom is -0.508 e. The minimum atomic E-state index is -1.04. The Morgan fingerprint density at radius 3 is 2.52 bits per heavy atom. The SMILES string of the molecule is O=C(O)[C@H](Cc1ccccc1)NCc1cc(O)ccc1[N+](=O)[O-]. The highest BCUT2D eigenvalue weighted by Crippen LogP contribution is 2.23. The number of nitrogens with one attached hydrogen (secondary N) is 1. The Bertz CT molecular complexity index is 703. The number of carbonyl (C=O) groups is 1. The molecule has 0 aromatic heterocycles. The van der Waals surface area contributed by atoms with E-state index in [-0.39, 0.29) is 30.0 Å². The summed E-state index contributed by atoms with van der Waals surface area (Å²) < 4.78 is 0. The van der Waals surface area contributed by atoms with Gasteiger partial charge in [0.05, 0.1) is 4.92 Å². The Morgan fingerprint density at radius 2 is 1.91 bits per heavy atom. The standard InChI is InChI=1S/C16H16N2O5/c19-13-6-7-15(18(22)23)12(9-13)10-17-14(16(20)21)8-11-4-2-1-3-5-11/h1-7,9,14,17,19H,8,10H2,(H,20,21)/t14-/m0/s1. The van der Waals surface area contributed by atoms with Crippen LogP contribution in [0.5, 0.6) is 5.75 Å². The topological polar surface area (TPSA) is 113 Å². The third kappa shape index (κ3) is 4.52. The molecule has 1 atom stereocenters. The average Bonchev–Trinajstić information content (AvgIpc) is 2.51. The fourth-order valence-electron chi connectivity index (χ4n) is 2.22. The first-order valence-corrected chi connectivity index (χ1v) is 6.94. The highest BCUT2D eigenvalue weighted by molar-refractivity contribution is 5.74. The molecule has 3 N–H and O–H groups in total. The molecule has 0 amide bonds. The molecule has 0 spiro atoms. The number of aliphatic carboxylic acids is 1. The number of phenolic OH excluding ortho intramolecular Hbond substituents is 1. The number of hydrogen-bond acceptors (Lipinski definition) is 5. The van der Waals surface area contributed by atoms with Crippen LogP contribution in [0.25, 0.3) is 0 Å². The lowest BCUT2D eigenvalue weighted by atomic mass is 10.1. The predicted octanol–water partition coefficient (Wildman–Crippen LogP) is 2.09. The first kappa shape index (κ1) is 16.4. The summed E-state index contributed by atoms with van der Waals surface area (Å²) in [6.07, 6.45) is 0.253. The quantitative estimate of drug-likeness (QED) is 0.532. The molecule has 2 aromatic carbocycles. The van der Waals surface area contributed by atoms with Crippen molar-refractivity contribution in [2.24, 2.45) is 0 Å². The largest absolute Gasteiger partial charge is 0.508 e. The Kier molecular flexibility index (Phi) is 5.27. The first-order chi connectivity index (χ1) is 11.0. The second-order valence-electron chi connectivity index (χ2n) is 5.03. The molecule has 0 aliphatic rings. The van der Waals surface area contributed by atoms with Crippen LogP contribution >= 0.6 is 0 Å². The maximum atomic E-state index is 11.4. The second-order valence-corrected chi connectivity index (χ2v) is 5.03. The Morgan fingerprint density at radius 1 is 1.22 bits per heavy atom. The first-order valence-electron chi connectivity index (χ1n) is 6.94. The van der Waals surface area contributed by atoms with Crippen LogP contribution in [0.4, 0.5) is 5.69 Å². The number of carboxylic acids is 1. The number of rotatable bonds is 7. The van der Waals surface area contributed by atoms with Crippen molar-refractivity contribution < 1.29 is 19.9 Å². The molecule has 0 unspecified atom stereocenters. The zero-order valence-electron chi connectivity index (χ0n) is 12.2. The van der Waals surface area contributed by atoms with Crippen molar-refractivity contribution >= 4 is 11.7 Å². The van der Waals surface area contributed by atoms with Crippen LogP contribution in [0.1, 0.15) is 11.1 Å². The van der Waals surface area contributed by atoms with Crippen LogP contribution in [0, 0.1) is 10.1 Å². The number of nitro benzene ring substituents is 1. The number of benzene rings is 2. The van der Waals surface area contributed by atoms with Crippen molar-refractivity contribution in [3.8, 4) is 5.75 Å². The monoisotopic (exact) mass is 316 g/mol. The van der Waals surface area contributed by atoms with Crippen LogP contribution in [0.3, 0.4) is 0 Å². The molecule has 2 rings (SSSR count). The minimum absolute atomic E-state index is 0.0332. The van der Waals surface area contributed by atoms with Gasteiger partial charge in [-0.15, -0.1) is 0 Å². The third-order valence-electron chi connectivity index (χ3n) is 3.38. The highest BCUT2D eigenvalue weighted by atomic mass is 16.6. The van der Waals surface area contributed by atoms with Crippen molar-refractivity contribution in [1.29, 1.82) is 0 Å². The molecular weight excluding hydrogens is 300 g/mol. The molecular formula is C16H16N2O5. The van der Waals surface area contributed by atoms with Crippen molar-refractivity contribution in [2.45, 2.75) is 19.0 Å². The molecule has 0 heterocycles. The Balaban J connectivity index is 2.12. The lowest BCUT2D eigenvalue weighted by molar-refractivity contribution is -0.385. The highest BCUT2D eigenvalue weighted by Gasteiger charge is 2.20. The summed E-state index contributed by atoms with van der Waals surface area (Å²) in [5.74, 6) is -1.15. The normalized spacial score (nSPS) is 11.8. The molecule has 0 radical (unpaired) electrons. The lowest BCUT2D eigenvalue weighted by Gasteiger charge is -2.15. The van der Waals surface area contributed by atoms with E-state index in [4.69, 9.17) is 0 Å². The fourth-order valence-corrected chi connectivity index (χ4v) is 2.22. The molecule has 23 heavy (non-hydrogen) atoms. The molecule has 7 heteroatoms. The summed E-state index contributed by atoms with van der Waals surface area (Å²) in [6, 6.07) is 11.9. The van der Waals surface area contributed by atoms with Crippen molar-refractivity contribution in [1.82, 2.24) is 5.32 Å². The molecule has 0 aliphatic heterocycles. The molecule has 0 saturated heterocycles. The maximum absolute atomic E-state index is 11.4. The number of aromatic hydroxyl groups is 1. The van der Waals surface area contributed by atoms with Gasteiger partial charge in [-0.25, -0.2) is 0 Å². The molecule has 2 aromatic rings. The zero-order chi connectivity index (χ0) is 16.8. The van der Waals surface area contributed by atoms with E-state index >= 15 is 0 Å². The van der Waals surface area contributed by atoms with E-state index in [0.29, 0.717) is 0 Å². The summed E-state index contributed by atoms with van der Waals surface area (Å²) in [5.41, 5.74) is 0.909. The van der Waals surface area contributed by atoms with Crippen LogP contribution in [0.2, 0.25) is 0 Å². The zero-order valence-corrected chi connectivity index (χ0v) is 12.2. The Labute approximate surface area is 132 Å². The lowest BCUT2D eigenvalue weighted by Crippen LogP contribution is -2.38. The molecule has 120 valence electrons. The molecule has 0 saturated carbocycles. The van der Waals surface area contributed by atoms with Gasteiger partial charge >= 0.3 is 5.97 Å². The number of hydrogen-bond donors (Lipinski definition) is 3. The second kappa shape index (κ2) is 7.37. The van der Waals surface area contributed by atoms with E-state index in [1.54, 1.807) is 0 Å². The van der Waals surface area contributed by atoms with Gasteiger partial charge in [0.1, 0.15) is 11.8 Å². The Hall–Kier alpha value is -2.93. The number of nitro groups is 1. The van der Waals surface area contributed by atoms with Crippen LogP contribution in [0.15, 0.2) is 48.5 Å². The average molecular weight is 316 g/mol. The summed E-state index contributed by atoms with van der Waals surface area (Å²) in [5, 5.41) is 32.5. The predicted molar refractivity (Wildman–Crippen MR) is 83.2 cm³/mol. The van der Waals surface area contributed by atoms with Crippen molar-refractivity contribution in [2.75, 3.05) is 0 Å². The summed E-state index contributed by atoms with van der Waals surface area (Å²) >= 11 is 0. The van der Waals surface area contributed by atoms with Gasteiger partial charge in [-0.05, 0) is 24.1 Å². The molecule has 0 fully saturated rings. The maximum Gasteiger partial charge on any atom is 0.321 e. The van der Waals surface area contributed by atoms with Gasteiger partial charge in [-0.2, -0.15) is 0 Å². The van der Waals surface area contributed by atoms with E-state index in [0.717, 1.165) is 5.56 Å². The number of phenols is 1. The van der Waals surface area contributed by atoms with E-state index in [9.17, 15) is 25.1 Å². The van der Waals surface area contributed by atoms with Gasteiger partial charge < -0.3 is 10.2 Å². The van der Waals surface area contributed by atoms with E-state index in [2.05, 4.69) is 5.32 Å². The molecule has 0 aliphatic carbocycles. The van der Waals surface area contributed by atoms with Gasteiger partial charge in [0.2, 0.25) is 0 Å². The molecule has 0 bridgehead atoms. The van der Waals surface area contributed by atoms with Gasteiger partial charge in [0.15, 0.2) is 0 Å².